The minimum absolute atomic E-state index is 0.0209. The Balaban J connectivity index is 1.65. The zero-order valence-corrected chi connectivity index (χ0v) is 13.6. The summed E-state index contributed by atoms with van der Waals surface area (Å²) in [6.45, 7) is 3.93. The van der Waals surface area contributed by atoms with Gasteiger partial charge in [0, 0.05) is 11.8 Å². The maximum absolute atomic E-state index is 12.2. The summed E-state index contributed by atoms with van der Waals surface area (Å²) in [4.78, 5) is 23.5. The third-order valence-electron chi connectivity index (χ3n) is 3.87. The first-order valence-electron chi connectivity index (χ1n) is 7.72. The molecule has 1 atom stereocenters. The molecule has 0 aromatic heterocycles. The van der Waals surface area contributed by atoms with Crippen LogP contribution in [0.1, 0.15) is 24.1 Å². The zero-order valence-electron chi connectivity index (χ0n) is 13.6. The molecule has 1 heterocycles. The molecule has 2 aromatic carbocycles. The lowest BCUT2D eigenvalue weighted by Gasteiger charge is -2.20. The van der Waals surface area contributed by atoms with E-state index in [1.807, 2.05) is 38.1 Å². The molecule has 3 rings (SSSR count). The van der Waals surface area contributed by atoms with Crippen LogP contribution in [0.25, 0.3) is 0 Å². The van der Waals surface area contributed by atoms with Crippen LogP contribution in [0.3, 0.4) is 0 Å². The van der Waals surface area contributed by atoms with Crippen molar-refractivity contribution in [3.63, 3.8) is 0 Å². The molecule has 3 amide bonds. The summed E-state index contributed by atoms with van der Waals surface area (Å²) in [7, 11) is 0. The standard InChI is InChI=1S/C18H19N3O3/c1-11-5-3-4-6-14(11)12(2)19-18(23)20-13-7-8-15-16(9-13)24-10-17(22)21-15/h3-9,12H,10H2,1-2H3,(H,21,22)(H2,19,20,23). The van der Waals surface area contributed by atoms with E-state index in [1.165, 1.54) is 0 Å². The summed E-state index contributed by atoms with van der Waals surface area (Å²) in [5, 5.41) is 8.40. The quantitative estimate of drug-likeness (QED) is 0.811. The third kappa shape index (κ3) is 3.48. The first-order valence-corrected chi connectivity index (χ1v) is 7.72. The maximum Gasteiger partial charge on any atom is 0.319 e. The maximum atomic E-state index is 12.2. The molecular formula is C18H19N3O3. The van der Waals surface area contributed by atoms with Crippen molar-refractivity contribution in [3.8, 4) is 5.75 Å². The van der Waals surface area contributed by atoms with E-state index in [0.717, 1.165) is 11.1 Å². The number of hydrogen-bond acceptors (Lipinski definition) is 3. The second-order valence-corrected chi connectivity index (χ2v) is 5.72. The fourth-order valence-corrected chi connectivity index (χ4v) is 2.67. The molecule has 3 N–H and O–H groups in total. The van der Waals surface area contributed by atoms with Crippen LogP contribution < -0.4 is 20.7 Å². The summed E-state index contributed by atoms with van der Waals surface area (Å²) < 4.78 is 5.34. The van der Waals surface area contributed by atoms with Crippen LogP contribution in [0.15, 0.2) is 42.5 Å². The fraction of sp³-hybridized carbons (Fsp3) is 0.222. The molecule has 0 saturated heterocycles. The number of nitrogens with one attached hydrogen (secondary N) is 3. The number of fused-ring (bicyclic) bond motifs is 1. The Labute approximate surface area is 140 Å². The third-order valence-corrected chi connectivity index (χ3v) is 3.87. The van der Waals surface area contributed by atoms with Gasteiger partial charge in [0.1, 0.15) is 5.75 Å². The highest BCUT2D eigenvalue weighted by Gasteiger charge is 2.17. The number of hydrogen-bond donors (Lipinski definition) is 3. The molecule has 0 radical (unpaired) electrons. The molecule has 124 valence electrons. The summed E-state index contributed by atoms with van der Waals surface area (Å²) in [5.74, 6) is 0.354. The minimum Gasteiger partial charge on any atom is -0.482 e. The number of benzene rings is 2. The number of aryl methyl sites for hydroxylation is 1. The predicted octanol–water partition coefficient (Wildman–Crippen LogP) is 3.21. The van der Waals surface area contributed by atoms with Gasteiger partial charge in [-0.25, -0.2) is 4.79 Å². The highest BCUT2D eigenvalue weighted by molar-refractivity contribution is 5.96. The van der Waals surface area contributed by atoms with Gasteiger partial charge in [-0.05, 0) is 37.1 Å². The Morgan fingerprint density at radius 2 is 2.04 bits per heavy atom. The van der Waals surface area contributed by atoms with Gasteiger partial charge < -0.3 is 20.7 Å². The van der Waals surface area contributed by atoms with Gasteiger partial charge >= 0.3 is 6.03 Å². The number of carbonyl (C=O) groups is 2. The number of anilines is 2. The largest absolute Gasteiger partial charge is 0.482 e. The van der Waals surface area contributed by atoms with Gasteiger partial charge in [-0.3, -0.25) is 4.79 Å². The first-order chi connectivity index (χ1) is 11.5. The molecule has 1 aliphatic heterocycles. The van der Waals surface area contributed by atoms with Gasteiger partial charge in [-0.1, -0.05) is 24.3 Å². The number of ether oxygens (including phenoxy) is 1. The van der Waals surface area contributed by atoms with Crippen LogP contribution in [0, 0.1) is 6.92 Å². The van der Waals surface area contributed by atoms with Gasteiger partial charge in [0.05, 0.1) is 11.7 Å². The van der Waals surface area contributed by atoms with Crippen molar-refractivity contribution >= 4 is 23.3 Å². The molecule has 2 aromatic rings. The summed E-state index contributed by atoms with van der Waals surface area (Å²) >= 11 is 0. The van der Waals surface area contributed by atoms with Crippen molar-refractivity contribution in [1.29, 1.82) is 0 Å². The molecule has 1 unspecified atom stereocenters. The van der Waals surface area contributed by atoms with Crippen LogP contribution in [-0.2, 0) is 4.79 Å². The lowest BCUT2D eigenvalue weighted by Crippen LogP contribution is -2.31. The molecule has 0 saturated carbocycles. The van der Waals surface area contributed by atoms with Gasteiger partial charge in [-0.15, -0.1) is 0 Å². The smallest absolute Gasteiger partial charge is 0.319 e. The summed E-state index contributed by atoms with van der Waals surface area (Å²) in [5.41, 5.74) is 3.40. The van der Waals surface area contributed by atoms with E-state index in [1.54, 1.807) is 18.2 Å². The molecule has 6 nitrogen and oxygen atoms in total. The average molecular weight is 325 g/mol. The molecule has 6 heteroatoms. The van der Waals surface area contributed by atoms with E-state index < -0.39 is 0 Å². The van der Waals surface area contributed by atoms with E-state index in [4.69, 9.17) is 4.74 Å². The molecule has 0 bridgehead atoms. The van der Waals surface area contributed by atoms with Crippen molar-refractivity contribution in [2.75, 3.05) is 17.2 Å². The van der Waals surface area contributed by atoms with Crippen LogP contribution in [-0.4, -0.2) is 18.5 Å². The Hall–Kier alpha value is -3.02. The van der Waals surface area contributed by atoms with Crippen molar-refractivity contribution in [3.05, 3.63) is 53.6 Å². The van der Waals surface area contributed by atoms with Crippen molar-refractivity contribution in [2.24, 2.45) is 0 Å². The Morgan fingerprint density at radius 1 is 1.25 bits per heavy atom. The monoisotopic (exact) mass is 325 g/mol. The topological polar surface area (TPSA) is 79.5 Å². The Bertz CT molecular complexity index is 789. The van der Waals surface area contributed by atoms with Crippen LogP contribution >= 0.6 is 0 Å². The molecule has 0 spiro atoms. The van der Waals surface area contributed by atoms with E-state index in [-0.39, 0.29) is 24.6 Å². The summed E-state index contributed by atoms with van der Waals surface area (Å²) in [6.07, 6.45) is 0. The highest BCUT2D eigenvalue weighted by Crippen LogP contribution is 2.30. The van der Waals surface area contributed by atoms with E-state index in [2.05, 4.69) is 16.0 Å². The number of amides is 3. The normalized spacial score (nSPS) is 14.0. The van der Waals surface area contributed by atoms with Crippen LogP contribution in [0.5, 0.6) is 5.75 Å². The van der Waals surface area contributed by atoms with E-state index in [9.17, 15) is 9.59 Å². The number of carbonyl (C=O) groups excluding carboxylic acids is 2. The lowest BCUT2D eigenvalue weighted by atomic mass is 10.0. The molecular weight excluding hydrogens is 306 g/mol. The number of rotatable bonds is 3. The Morgan fingerprint density at radius 3 is 2.83 bits per heavy atom. The predicted molar refractivity (Wildman–Crippen MR) is 92.3 cm³/mol. The fourth-order valence-electron chi connectivity index (χ4n) is 2.67. The van der Waals surface area contributed by atoms with Crippen LogP contribution in [0.4, 0.5) is 16.2 Å². The average Bonchev–Trinajstić information content (AvgIpc) is 2.55. The minimum atomic E-state index is -0.300. The van der Waals surface area contributed by atoms with Gasteiger partial charge in [-0.2, -0.15) is 0 Å². The van der Waals surface area contributed by atoms with Crippen molar-refractivity contribution in [2.45, 2.75) is 19.9 Å². The van der Waals surface area contributed by atoms with E-state index in [0.29, 0.717) is 17.1 Å². The molecule has 24 heavy (non-hydrogen) atoms. The second kappa shape index (κ2) is 6.62. The first kappa shape index (κ1) is 15.9. The lowest BCUT2D eigenvalue weighted by molar-refractivity contribution is -0.118. The van der Waals surface area contributed by atoms with Crippen molar-refractivity contribution < 1.29 is 14.3 Å². The van der Waals surface area contributed by atoms with E-state index >= 15 is 0 Å². The van der Waals surface area contributed by atoms with Gasteiger partial charge in [0.2, 0.25) is 0 Å². The number of urea groups is 1. The zero-order chi connectivity index (χ0) is 17.1. The second-order valence-electron chi connectivity index (χ2n) is 5.72. The highest BCUT2D eigenvalue weighted by atomic mass is 16.5. The Kier molecular flexibility index (Phi) is 4.37. The van der Waals surface area contributed by atoms with Gasteiger partial charge in [0.15, 0.2) is 6.61 Å². The SMILES string of the molecule is Cc1ccccc1C(C)NC(=O)Nc1ccc2c(c1)OCC(=O)N2. The molecule has 1 aliphatic rings. The summed E-state index contributed by atoms with van der Waals surface area (Å²) in [6, 6.07) is 12.6. The van der Waals surface area contributed by atoms with Crippen LogP contribution in [0.2, 0.25) is 0 Å². The van der Waals surface area contributed by atoms with Gasteiger partial charge in [0.25, 0.3) is 5.91 Å². The van der Waals surface area contributed by atoms with Crippen molar-refractivity contribution in [1.82, 2.24) is 5.32 Å². The molecule has 0 fully saturated rings. The molecule has 0 aliphatic carbocycles.